The minimum Gasteiger partial charge on any atom is -0.497 e. The number of carbonyl (C=O) groups excluding carboxylic acids is 1. The molecule has 0 unspecified atom stereocenters. The Labute approximate surface area is 216 Å². The molecule has 5 rings (SSSR count). The molecule has 1 fully saturated rings. The number of anilines is 1. The topological polar surface area (TPSA) is 63.7 Å². The third-order valence-electron chi connectivity index (χ3n) is 6.95. The predicted octanol–water partition coefficient (Wildman–Crippen LogP) is 5.91. The Bertz CT molecular complexity index is 1550. The summed E-state index contributed by atoms with van der Waals surface area (Å²) in [6.45, 7) is 3.80. The number of ether oxygens (including phenoxy) is 1. The molecule has 5 nitrogen and oxygen atoms in total. The molecular formula is C30H26FNO4S. The van der Waals surface area contributed by atoms with E-state index in [1.165, 1.54) is 41.3 Å². The van der Waals surface area contributed by atoms with E-state index < -0.39 is 32.4 Å². The molecule has 37 heavy (non-hydrogen) atoms. The number of methoxy groups -OCH3 is 1. The van der Waals surface area contributed by atoms with Gasteiger partial charge in [-0.15, -0.1) is 0 Å². The second-order valence-electron chi connectivity index (χ2n) is 9.25. The van der Waals surface area contributed by atoms with Crippen LogP contribution in [0.1, 0.15) is 28.3 Å². The van der Waals surface area contributed by atoms with E-state index in [9.17, 15) is 17.6 Å². The molecule has 7 heteroatoms. The van der Waals surface area contributed by atoms with Crippen molar-refractivity contribution in [1.29, 1.82) is 0 Å². The van der Waals surface area contributed by atoms with Gasteiger partial charge in [-0.1, -0.05) is 59.7 Å². The monoisotopic (exact) mass is 515 g/mol. The lowest BCUT2D eigenvalue weighted by Crippen LogP contribution is -2.69. The maximum Gasteiger partial charge on any atom is 0.256 e. The summed E-state index contributed by atoms with van der Waals surface area (Å²) in [5.74, 6) is -0.506. The number of sulfone groups is 1. The van der Waals surface area contributed by atoms with E-state index in [1.54, 1.807) is 43.5 Å². The van der Waals surface area contributed by atoms with Gasteiger partial charge in [0, 0.05) is 5.69 Å². The van der Waals surface area contributed by atoms with E-state index in [4.69, 9.17) is 4.74 Å². The maximum absolute atomic E-state index is 14.5. The first-order chi connectivity index (χ1) is 17.7. The molecule has 0 aliphatic carbocycles. The summed E-state index contributed by atoms with van der Waals surface area (Å²) in [4.78, 5) is 15.8. The molecule has 4 aromatic carbocycles. The molecule has 4 aromatic rings. The average Bonchev–Trinajstić information content (AvgIpc) is 2.90. The predicted molar refractivity (Wildman–Crippen MR) is 141 cm³/mol. The van der Waals surface area contributed by atoms with Gasteiger partial charge in [0.05, 0.1) is 18.0 Å². The molecule has 0 radical (unpaired) electrons. The molecule has 188 valence electrons. The van der Waals surface area contributed by atoms with Crippen molar-refractivity contribution in [2.24, 2.45) is 0 Å². The highest BCUT2D eigenvalue weighted by Crippen LogP contribution is 2.58. The highest BCUT2D eigenvalue weighted by atomic mass is 32.2. The number of hydrogen-bond acceptors (Lipinski definition) is 4. The number of amides is 1. The molecule has 0 bridgehead atoms. The Morgan fingerprint density at radius 2 is 1.32 bits per heavy atom. The normalized spacial score (nSPS) is 19.4. The van der Waals surface area contributed by atoms with Crippen LogP contribution in [0.4, 0.5) is 10.1 Å². The zero-order valence-corrected chi connectivity index (χ0v) is 21.5. The number of aryl methyl sites for hydroxylation is 2. The summed E-state index contributed by atoms with van der Waals surface area (Å²) >= 11 is 0. The highest BCUT2D eigenvalue weighted by Gasteiger charge is 2.70. The molecule has 1 amide bonds. The molecule has 0 N–H and O–H groups in total. The van der Waals surface area contributed by atoms with Crippen molar-refractivity contribution in [3.63, 3.8) is 0 Å². The smallest absolute Gasteiger partial charge is 0.256 e. The van der Waals surface area contributed by atoms with Gasteiger partial charge in [0.15, 0.2) is 9.84 Å². The minimum absolute atomic E-state index is 0.0299. The highest BCUT2D eigenvalue weighted by molar-refractivity contribution is 7.93. The van der Waals surface area contributed by atoms with Crippen molar-refractivity contribution in [2.45, 2.75) is 29.5 Å². The van der Waals surface area contributed by atoms with Gasteiger partial charge in [0.1, 0.15) is 11.6 Å². The van der Waals surface area contributed by atoms with E-state index in [0.29, 0.717) is 17.0 Å². The number of benzene rings is 4. The van der Waals surface area contributed by atoms with Crippen LogP contribution in [0.5, 0.6) is 5.75 Å². The molecule has 1 saturated heterocycles. The third kappa shape index (κ3) is 3.81. The fraction of sp³-hybridized carbons (Fsp3) is 0.167. The van der Waals surface area contributed by atoms with Crippen molar-refractivity contribution < 1.29 is 22.3 Å². The first-order valence-electron chi connectivity index (χ1n) is 11.8. The van der Waals surface area contributed by atoms with Crippen LogP contribution in [0.15, 0.2) is 102 Å². The molecular weight excluding hydrogens is 489 g/mol. The second-order valence-corrected chi connectivity index (χ2v) is 11.4. The van der Waals surface area contributed by atoms with Crippen molar-refractivity contribution in [3.05, 3.63) is 125 Å². The molecule has 1 aliphatic heterocycles. The lowest BCUT2D eigenvalue weighted by atomic mass is 9.76. The fourth-order valence-electron chi connectivity index (χ4n) is 4.97. The summed E-state index contributed by atoms with van der Waals surface area (Å²) in [5.41, 5.74) is 3.30. The van der Waals surface area contributed by atoms with E-state index in [1.807, 2.05) is 38.1 Å². The zero-order chi connectivity index (χ0) is 26.4. The van der Waals surface area contributed by atoms with Crippen molar-refractivity contribution >= 4 is 21.4 Å². The summed E-state index contributed by atoms with van der Waals surface area (Å²) in [6, 6.07) is 25.1. The van der Waals surface area contributed by atoms with Gasteiger partial charge in [0.25, 0.3) is 5.91 Å². The Hall–Kier alpha value is -3.97. The number of halogens is 1. The first-order valence-corrected chi connectivity index (χ1v) is 13.3. The van der Waals surface area contributed by atoms with Crippen LogP contribution in [0.3, 0.4) is 0 Å². The van der Waals surface area contributed by atoms with Crippen LogP contribution < -0.4 is 9.64 Å². The van der Waals surface area contributed by atoms with Gasteiger partial charge in [-0.3, -0.25) is 4.79 Å². The standard InChI is InChI=1S/C30H26FNO4S/c1-20-4-8-22(9-5-20)28-30(23-10-12-24(31)13-11-23,37(34,35)27-18-6-21(2)7-19-27)29(33)32(28)25-14-16-26(36-3)17-15-25/h4-19,28H,1-3H3/t28-,30+/m0/s1. The van der Waals surface area contributed by atoms with E-state index in [0.717, 1.165) is 11.1 Å². The summed E-state index contributed by atoms with van der Waals surface area (Å²) < 4.78 is 46.3. The van der Waals surface area contributed by atoms with Crippen LogP contribution in [0.2, 0.25) is 0 Å². The lowest BCUT2D eigenvalue weighted by molar-refractivity contribution is -0.128. The number of hydrogen-bond donors (Lipinski definition) is 0. The van der Waals surface area contributed by atoms with Gasteiger partial charge < -0.3 is 9.64 Å². The quantitative estimate of drug-likeness (QED) is 0.300. The van der Waals surface area contributed by atoms with Gasteiger partial charge in [-0.25, -0.2) is 12.8 Å². The van der Waals surface area contributed by atoms with Crippen molar-refractivity contribution in [1.82, 2.24) is 0 Å². The number of nitrogens with zero attached hydrogens (tertiary/aromatic N) is 1. The third-order valence-corrected chi connectivity index (χ3v) is 9.33. The molecule has 1 heterocycles. The van der Waals surface area contributed by atoms with E-state index >= 15 is 0 Å². The Kier molecular flexibility index (Phi) is 6.12. The SMILES string of the molecule is COc1ccc(N2C(=O)[C@](c3ccc(F)cc3)(S(=O)(=O)c3ccc(C)cc3)[C@@H]2c2ccc(C)cc2)cc1. The van der Waals surface area contributed by atoms with E-state index in [-0.39, 0.29) is 10.5 Å². The van der Waals surface area contributed by atoms with Crippen LogP contribution in [0, 0.1) is 19.7 Å². The van der Waals surface area contributed by atoms with Gasteiger partial charge in [0.2, 0.25) is 4.75 Å². The van der Waals surface area contributed by atoms with Gasteiger partial charge in [-0.05, 0) is 73.5 Å². The first kappa shape index (κ1) is 24.7. The van der Waals surface area contributed by atoms with Crippen LogP contribution in [-0.4, -0.2) is 21.4 Å². The molecule has 2 atom stereocenters. The van der Waals surface area contributed by atoms with Crippen molar-refractivity contribution in [3.8, 4) is 5.75 Å². The number of carbonyl (C=O) groups is 1. The zero-order valence-electron chi connectivity index (χ0n) is 20.7. The Morgan fingerprint density at radius 1 is 0.784 bits per heavy atom. The van der Waals surface area contributed by atoms with Crippen molar-refractivity contribution in [2.75, 3.05) is 12.0 Å². The largest absolute Gasteiger partial charge is 0.497 e. The van der Waals surface area contributed by atoms with Gasteiger partial charge in [-0.2, -0.15) is 0 Å². The average molecular weight is 516 g/mol. The molecule has 0 spiro atoms. The number of β-lactam (4-membered cyclic amide) rings is 1. The lowest BCUT2D eigenvalue weighted by Gasteiger charge is -2.55. The maximum atomic E-state index is 14.5. The Balaban J connectivity index is 1.80. The second kappa shape index (κ2) is 9.16. The minimum atomic E-state index is -4.30. The van der Waals surface area contributed by atoms with Crippen LogP contribution in [-0.2, 0) is 19.4 Å². The molecule has 0 saturated carbocycles. The number of rotatable bonds is 6. The van der Waals surface area contributed by atoms with Crippen LogP contribution in [0.25, 0.3) is 0 Å². The Morgan fingerprint density at radius 3 is 1.86 bits per heavy atom. The fourth-order valence-corrected chi connectivity index (χ4v) is 7.15. The summed E-state index contributed by atoms with van der Waals surface area (Å²) in [6.07, 6.45) is 0. The van der Waals surface area contributed by atoms with Gasteiger partial charge >= 0.3 is 0 Å². The van der Waals surface area contributed by atoms with E-state index in [2.05, 4.69) is 0 Å². The summed E-state index contributed by atoms with van der Waals surface area (Å²) in [5, 5.41) is 0. The molecule has 1 aliphatic rings. The molecule has 0 aromatic heterocycles. The van der Waals surface area contributed by atoms with Crippen LogP contribution >= 0.6 is 0 Å². The summed E-state index contributed by atoms with van der Waals surface area (Å²) in [7, 11) is -2.75.